The second-order valence-corrected chi connectivity index (χ2v) is 6.82. The van der Waals surface area contributed by atoms with Crippen LogP contribution in [0, 0.1) is 13.8 Å². The van der Waals surface area contributed by atoms with E-state index in [9.17, 15) is 4.79 Å². The average molecular weight is 368 g/mol. The molecule has 2 rings (SSSR count). The maximum atomic E-state index is 11.1. The topological polar surface area (TPSA) is 103 Å². The van der Waals surface area contributed by atoms with Gasteiger partial charge in [-0.05, 0) is 49.4 Å². The molecular formula is C21H28N4O2. The van der Waals surface area contributed by atoms with Gasteiger partial charge in [-0.15, -0.1) is 0 Å². The Morgan fingerprint density at radius 2 is 1.70 bits per heavy atom. The highest BCUT2D eigenvalue weighted by atomic mass is 16.5. The summed E-state index contributed by atoms with van der Waals surface area (Å²) in [5.74, 6) is -0.00397. The highest BCUT2D eigenvalue weighted by molar-refractivity contribution is 5.94. The summed E-state index contributed by atoms with van der Waals surface area (Å²) in [6, 6.07) is 15.4. The number of guanidine groups is 1. The summed E-state index contributed by atoms with van der Waals surface area (Å²) < 4.78 is 5.86. The van der Waals surface area contributed by atoms with Crippen molar-refractivity contribution in [1.29, 1.82) is 0 Å². The minimum atomic E-state index is -0.736. The number of nitrogens with zero attached hydrogens (tertiary/aromatic N) is 1. The molecule has 144 valence electrons. The molecule has 0 aliphatic heterocycles. The Hall–Kier alpha value is -2.86. The number of hydrogen-bond acceptors (Lipinski definition) is 3. The molecule has 6 nitrogen and oxygen atoms in total. The number of benzene rings is 2. The van der Waals surface area contributed by atoms with E-state index in [1.54, 1.807) is 0 Å². The first-order chi connectivity index (χ1) is 12.8. The smallest absolute Gasteiger partial charge is 0.318 e. The van der Waals surface area contributed by atoms with Gasteiger partial charge < -0.3 is 16.2 Å². The van der Waals surface area contributed by atoms with Gasteiger partial charge in [-0.25, -0.2) is 9.79 Å². The highest BCUT2D eigenvalue weighted by Gasteiger charge is 2.29. The fraction of sp³-hybridized carbons (Fsp3) is 0.333. The van der Waals surface area contributed by atoms with E-state index in [2.05, 4.69) is 10.3 Å². The molecule has 1 atom stereocenters. The van der Waals surface area contributed by atoms with E-state index < -0.39 is 11.6 Å². The fourth-order valence-corrected chi connectivity index (χ4v) is 3.36. The van der Waals surface area contributed by atoms with Gasteiger partial charge in [0.1, 0.15) is 0 Å². The molecule has 0 bridgehead atoms. The molecule has 2 aromatic rings. The zero-order valence-electron chi connectivity index (χ0n) is 16.2. The molecule has 0 aliphatic carbocycles. The molecule has 0 heterocycles. The molecule has 0 saturated heterocycles. The molecule has 0 fully saturated rings. The molecule has 2 amide bonds. The van der Waals surface area contributed by atoms with Gasteiger partial charge in [0.2, 0.25) is 0 Å². The lowest BCUT2D eigenvalue weighted by molar-refractivity contribution is 0.104. The van der Waals surface area contributed by atoms with Gasteiger partial charge in [0.05, 0.1) is 12.1 Å². The summed E-state index contributed by atoms with van der Waals surface area (Å²) in [5, 5.41) is 2.35. The number of hydrogen-bond donors (Lipinski definition) is 3. The minimum absolute atomic E-state index is 0.00397. The largest absolute Gasteiger partial charge is 0.377 e. The predicted octanol–water partition coefficient (Wildman–Crippen LogP) is 3.11. The molecule has 5 N–H and O–H groups in total. The van der Waals surface area contributed by atoms with Crippen molar-refractivity contribution in [2.45, 2.75) is 39.3 Å². The van der Waals surface area contributed by atoms with Crippen molar-refractivity contribution in [1.82, 2.24) is 5.32 Å². The van der Waals surface area contributed by atoms with E-state index in [1.807, 2.05) is 69.3 Å². The standard InChI is InChI=1S/C21H28N4O2/c1-15-8-7-9-16(2)18(15)21(3,25-19(22)24-20(23)26)12-13-27-14-17-10-5-4-6-11-17/h4-11H,12-14H2,1-3H3,(H5,22,23,24,25,26). The van der Waals surface area contributed by atoms with Crippen LogP contribution in [0.15, 0.2) is 53.5 Å². The summed E-state index contributed by atoms with van der Waals surface area (Å²) in [4.78, 5) is 15.7. The summed E-state index contributed by atoms with van der Waals surface area (Å²) in [6.45, 7) is 7.09. The third-order valence-corrected chi connectivity index (χ3v) is 4.48. The van der Waals surface area contributed by atoms with Gasteiger partial charge in [-0.2, -0.15) is 0 Å². The van der Waals surface area contributed by atoms with Gasteiger partial charge in [-0.3, -0.25) is 5.32 Å². The maximum absolute atomic E-state index is 11.1. The van der Waals surface area contributed by atoms with Crippen LogP contribution in [-0.2, 0) is 16.9 Å². The van der Waals surface area contributed by atoms with Crippen molar-refractivity contribution in [2.75, 3.05) is 6.61 Å². The average Bonchev–Trinajstić information content (AvgIpc) is 2.58. The molecule has 0 spiro atoms. The quantitative estimate of drug-likeness (QED) is 0.397. The Bertz CT molecular complexity index is 785. The number of nitrogens with one attached hydrogen (secondary N) is 1. The first-order valence-electron chi connectivity index (χ1n) is 8.92. The van der Waals surface area contributed by atoms with Crippen LogP contribution in [0.4, 0.5) is 4.79 Å². The molecule has 0 aliphatic rings. The third-order valence-electron chi connectivity index (χ3n) is 4.48. The Labute approximate surface area is 160 Å². The van der Waals surface area contributed by atoms with Crippen molar-refractivity contribution < 1.29 is 9.53 Å². The minimum Gasteiger partial charge on any atom is -0.377 e. The second kappa shape index (κ2) is 9.19. The molecule has 27 heavy (non-hydrogen) atoms. The second-order valence-electron chi connectivity index (χ2n) is 6.82. The number of ether oxygens (including phenoxy) is 1. The van der Waals surface area contributed by atoms with Crippen molar-refractivity contribution in [3.8, 4) is 0 Å². The van der Waals surface area contributed by atoms with E-state index in [0.29, 0.717) is 19.6 Å². The van der Waals surface area contributed by atoms with E-state index in [4.69, 9.17) is 16.2 Å². The maximum Gasteiger partial charge on any atom is 0.318 e. The van der Waals surface area contributed by atoms with Gasteiger partial charge in [0, 0.05) is 6.61 Å². The van der Waals surface area contributed by atoms with Gasteiger partial charge in [-0.1, -0.05) is 48.5 Å². The van der Waals surface area contributed by atoms with Crippen LogP contribution in [0.3, 0.4) is 0 Å². The van der Waals surface area contributed by atoms with E-state index in [0.717, 1.165) is 22.3 Å². The number of carbonyl (C=O) groups excluding carboxylic acids is 1. The van der Waals surface area contributed by atoms with Crippen LogP contribution in [0.2, 0.25) is 0 Å². The Morgan fingerprint density at radius 3 is 2.30 bits per heavy atom. The lowest BCUT2D eigenvalue weighted by Gasteiger charge is -2.30. The van der Waals surface area contributed by atoms with Crippen molar-refractivity contribution in [3.05, 3.63) is 70.8 Å². The fourth-order valence-electron chi connectivity index (χ4n) is 3.36. The molecule has 1 unspecified atom stereocenters. The third kappa shape index (κ3) is 5.82. The first kappa shape index (κ1) is 20.5. The molecule has 6 heteroatoms. The Kier molecular flexibility index (Phi) is 6.96. The van der Waals surface area contributed by atoms with E-state index in [1.165, 1.54) is 0 Å². The molecular weight excluding hydrogens is 340 g/mol. The van der Waals surface area contributed by atoms with Crippen LogP contribution in [-0.4, -0.2) is 18.6 Å². The van der Waals surface area contributed by atoms with Gasteiger partial charge >= 0.3 is 6.03 Å². The zero-order chi connectivity index (χ0) is 19.9. The number of amides is 2. The normalized spacial score (nSPS) is 13.8. The number of aryl methyl sites for hydroxylation is 2. The highest BCUT2D eigenvalue weighted by Crippen LogP contribution is 2.34. The van der Waals surface area contributed by atoms with Crippen LogP contribution >= 0.6 is 0 Å². The van der Waals surface area contributed by atoms with Gasteiger partial charge in [0.15, 0.2) is 5.96 Å². The number of primary amides is 1. The monoisotopic (exact) mass is 368 g/mol. The van der Waals surface area contributed by atoms with Crippen LogP contribution < -0.4 is 16.8 Å². The van der Waals surface area contributed by atoms with E-state index in [-0.39, 0.29) is 5.96 Å². The number of rotatable bonds is 7. The number of carbonyl (C=O) groups is 1. The first-order valence-corrected chi connectivity index (χ1v) is 8.92. The van der Waals surface area contributed by atoms with Crippen molar-refractivity contribution >= 4 is 12.0 Å². The summed E-state index contributed by atoms with van der Waals surface area (Å²) >= 11 is 0. The number of nitrogens with two attached hydrogens (primary N) is 2. The van der Waals surface area contributed by atoms with Crippen LogP contribution in [0.5, 0.6) is 0 Å². The van der Waals surface area contributed by atoms with Crippen molar-refractivity contribution in [2.24, 2.45) is 16.5 Å². The Morgan fingerprint density at radius 1 is 1.07 bits per heavy atom. The van der Waals surface area contributed by atoms with Gasteiger partial charge in [0.25, 0.3) is 0 Å². The molecule has 0 radical (unpaired) electrons. The lowest BCUT2D eigenvalue weighted by Crippen LogP contribution is -2.42. The number of urea groups is 1. The molecule has 2 aromatic carbocycles. The van der Waals surface area contributed by atoms with Crippen LogP contribution in [0.25, 0.3) is 0 Å². The number of aliphatic imine (C=N–C) groups is 1. The predicted molar refractivity (Wildman–Crippen MR) is 108 cm³/mol. The molecule has 0 saturated carbocycles. The summed E-state index contributed by atoms with van der Waals surface area (Å²) in [6.07, 6.45) is 0.604. The Balaban J connectivity index is 2.20. The molecule has 0 aromatic heterocycles. The summed E-state index contributed by atoms with van der Waals surface area (Å²) in [7, 11) is 0. The SMILES string of the molecule is Cc1cccc(C)c1C(C)(CCOCc1ccccc1)N=C(N)NC(N)=O. The van der Waals surface area contributed by atoms with E-state index >= 15 is 0 Å². The zero-order valence-corrected chi connectivity index (χ0v) is 16.2. The van der Waals surface area contributed by atoms with Crippen LogP contribution in [0.1, 0.15) is 35.6 Å². The summed E-state index contributed by atoms with van der Waals surface area (Å²) in [5.41, 5.74) is 14.8. The lowest BCUT2D eigenvalue weighted by atomic mass is 9.83. The van der Waals surface area contributed by atoms with Crippen molar-refractivity contribution in [3.63, 3.8) is 0 Å².